The van der Waals surface area contributed by atoms with Gasteiger partial charge in [-0.15, -0.1) is 0 Å². The van der Waals surface area contributed by atoms with Crippen molar-refractivity contribution in [2.45, 2.75) is 45.6 Å². The molecule has 17 heavy (non-hydrogen) atoms. The zero-order valence-corrected chi connectivity index (χ0v) is 12.1. The van der Waals surface area contributed by atoms with E-state index in [2.05, 4.69) is 31.0 Å². The van der Waals surface area contributed by atoms with Gasteiger partial charge in [-0.25, -0.2) is 0 Å². The fraction of sp³-hybridized carbons (Fsp3) is 1.00. The van der Waals surface area contributed by atoms with Gasteiger partial charge in [0.25, 0.3) is 0 Å². The smallest absolute Gasteiger partial charge is 0.0634 e. The molecule has 1 aliphatic heterocycles. The molecule has 0 bridgehead atoms. The molecule has 0 aliphatic carbocycles. The van der Waals surface area contributed by atoms with Crippen molar-refractivity contribution in [3.8, 4) is 0 Å². The molecule has 3 heteroatoms. The van der Waals surface area contributed by atoms with Crippen LogP contribution in [-0.2, 0) is 4.74 Å². The summed E-state index contributed by atoms with van der Waals surface area (Å²) in [5.74, 6) is 0.932. The summed E-state index contributed by atoms with van der Waals surface area (Å²) in [6.07, 6.45) is 3.81. The van der Waals surface area contributed by atoms with Crippen molar-refractivity contribution in [3.63, 3.8) is 0 Å². The van der Waals surface area contributed by atoms with Crippen LogP contribution in [0, 0.1) is 5.92 Å². The second kappa shape index (κ2) is 7.34. The molecule has 0 radical (unpaired) electrons. The minimum Gasteiger partial charge on any atom is -0.379 e. The molecule has 0 aromatic heterocycles. The number of hydrogen-bond donors (Lipinski definition) is 1. The Hall–Kier alpha value is -0.120. The second-order valence-electron chi connectivity index (χ2n) is 5.99. The predicted molar refractivity (Wildman–Crippen MR) is 73.4 cm³/mol. The lowest BCUT2D eigenvalue weighted by molar-refractivity contribution is 0.0158. The summed E-state index contributed by atoms with van der Waals surface area (Å²) >= 11 is 0. The van der Waals surface area contributed by atoms with Gasteiger partial charge in [-0.2, -0.15) is 0 Å². The van der Waals surface area contributed by atoms with Crippen LogP contribution in [0.5, 0.6) is 0 Å². The van der Waals surface area contributed by atoms with Gasteiger partial charge in [-0.3, -0.25) is 0 Å². The molecule has 3 nitrogen and oxygen atoms in total. The lowest BCUT2D eigenvalue weighted by atomic mass is 9.99. The molecule has 0 aromatic rings. The lowest BCUT2D eigenvalue weighted by Gasteiger charge is -2.30. The number of methoxy groups -OCH3 is 1. The summed E-state index contributed by atoms with van der Waals surface area (Å²) in [6, 6.07) is 0. The highest BCUT2D eigenvalue weighted by Gasteiger charge is 2.16. The van der Waals surface area contributed by atoms with E-state index in [0.29, 0.717) is 0 Å². The molecule has 1 N–H and O–H groups in total. The Morgan fingerprint density at radius 1 is 1.24 bits per heavy atom. The molecular weight excluding hydrogens is 212 g/mol. The monoisotopic (exact) mass is 242 g/mol. The number of likely N-dealkylation sites (tertiary alicyclic amines) is 1. The molecule has 0 spiro atoms. The summed E-state index contributed by atoms with van der Waals surface area (Å²) in [4.78, 5) is 2.58. The van der Waals surface area contributed by atoms with E-state index in [9.17, 15) is 0 Å². The third-order valence-electron chi connectivity index (χ3n) is 3.94. The zero-order valence-electron chi connectivity index (χ0n) is 12.1. The van der Waals surface area contributed by atoms with Gasteiger partial charge in [0.2, 0.25) is 0 Å². The Morgan fingerprint density at radius 3 is 2.47 bits per heavy atom. The number of ether oxygens (including phenoxy) is 1. The summed E-state index contributed by atoms with van der Waals surface area (Å²) in [7, 11) is 1.79. The Kier molecular flexibility index (Phi) is 6.45. The maximum Gasteiger partial charge on any atom is 0.0634 e. The topological polar surface area (TPSA) is 24.5 Å². The van der Waals surface area contributed by atoms with Gasteiger partial charge in [0, 0.05) is 20.2 Å². The van der Waals surface area contributed by atoms with Gasteiger partial charge in [-0.1, -0.05) is 6.92 Å². The van der Waals surface area contributed by atoms with Gasteiger partial charge < -0.3 is 15.0 Å². The SMILES string of the molecule is COC(C)(C)CCNCCN1CCC(C)CC1. The van der Waals surface area contributed by atoms with E-state index in [1.165, 1.54) is 32.5 Å². The van der Waals surface area contributed by atoms with E-state index in [1.54, 1.807) is 7.11 Å². The van der Waals surface area contributed by atoms with Crippen LogP contribution in [0.15, 0.2) is 0 Å². The summed E-state index contributed by atoms with van der Waals surface area (Å²) in [5.41, 5.74) is 0.00750. The third kappa shape index (κ3) is 6.39. The number of piperidine rings is 1. The van der Waals surface area contributed by atoms with E-state index < -0.39 is 0 Å². The average Bonchev–Trinajstić information content (AvgIpc) is 2.31. The predicted octanol–water partition coefficient (Wildman–Crippen LogP) is 2.12. The van der Waals surface area contributed by atoms with E-state index in [1.807, 2.05) is 0 Å². The molecule has 0 unspecified atom stereocenters. The molecule has 1 heterocycles. The standard InChI is InChI=1S/C14H30N2O/c1-13-5-10-16(11-6-13)12-9-15-8-7-14(2,3)17-4/h13,15H,5-12H2,1-4H3. The Bertz CT molecular complexity index is 198. The first-order valence-electron chi connectivity index (χ1n) is 7.02. The number of hydrogen-bond acceptors (Lipinski definition) is 3. The molecule has 0 atom stereocenters. The summed E-state index contributed by atoms with van der Waals surface area (Å²) in [5, 5.41) is 3.51. The molecule has 1 fully saturated rings. The van der Waals surface area contributed by atoms with Crippen LogP contribution >= 0.6 is 0 Å². The van der Waals surface area contributed by atoms with Crippen LogP contribution in [0.25, 0.3) is 0 Å². The van der Waals surface area contributed by atoms with Crippen molar-refractivity contribution in [1.82, 2.24) is 10.2 Å². The molecule has 0 amide bonds. The van der Waals surface area contributed by atoms with Gasteiger partial charge >= 0.3 is 0 Å². The zero-order chi connectivity index (χ0) is 12.7. The highest BCUT2D eigenvalue weighted by Crippen LogP contribution is 2.15. The van der Waals surface area contributed by atoms with Crippen molar-refractivity contribution >= 4 is 0 Å². The molecular formula is C14H30N2O. The van der Waals surface area contributed by atoms with Gasteiger partial charge in [0.05, 0.1) is 5.60 Å². The van der Waals surface area contributed by atoms with Crippen molar-refractivity contribution in [3.05, 3.63) is 0 Å². The number of nitrogens with one attached hydrogen (secondary N) is 1. The fourth-order valence-corrected chi connectivity index (χ4v) is 2.14. The van der Waals surface area contributed by atoms with E-state index >= 15 is 0 Å². The lowest BCUT2D eigenvalue weighted by Crippen LogP contribution is -2.38. The summed E-state index contributed by atoms with van der Waals surface area (Å²) < 4.78 is 5.40. The second-order valence-corrected chi connectivity index (χ2v) is 5.99. The van der Waals surface area contributed by atoms with Gasteiger partial charge in [-0.05, 0) is 58.7 Å². The number of nitrogens with zero attached hydrogens (tertiary/aromatic N) is 1. The maximum atomic E-state index is 5.40. The van der Waals surface area contributed by atoms with Gasteiger partial charge in [0.1, 0.15) is 0 Å². The Morgan fingerprint density at radius 2 is 1.88 bits per heavy atom. The minimum absolute atomic E-state index is 0.00750. The van der Waals surface area contributed by atoms with Gasteiger partial charge in [0.15, 0.2) is 0 Å². The quantitative estimate of drug-likeness (QED) is 0.692. The normalized spacial score (nSPS) is 19.8. The van der Waals surface area contributed by atoms with Crippen LogP contribution in [0.3, 0.4) is 0 Å². The highest BCUT2D eigenvalue weighted by atomic mass is 16.5. The molecule has 1 aliphatic rings. The molecule has 1 rings (SSSR count). The molecule has 0 aromatic carbocycles. The minimum atomic E-state index is 0.00750. The molecule has 1 saturated heterocycles. The van der Waals surface area contributed by atoms with Crippen molar-refractivity contribution in [1.29, 1.82) is 0 Å². The largest absolute Gasteiger partial charge is 0.379 e. The third-order valence-corrected chi connectivity index (χ3v) is 3.94. The van der Waals surface area contributed by atoms with Crippen molar-refractivity contribution in [2.24, 2.45) is 5.92 Å². The van der Waals surface area contributed by atoms with Crippen LogP contribution in [0.2, 0.25) is 0 Å². The van der Waals surface area contributed by atoms with Crippen LogP contribution in [-0.4, -0.2) is 50.3 Å². The number of rotatable bonds is 7. The highest BCUT2D eigenvalue weighted by molar-refractivity contribution is 4.71. The van der Waals surface area contributed by atoms with Crippen molar-refractivity contribution in [2.75, 3.05) is 39.8 Å². The Balaban J connectivity index is 1.97. The first-order chi connectivity index (χ1) is 8.03. The van der Waals surface area contributed by atoms with Crippen LogP contribution in [0.1, 0.15) is 40.0 Å². The van der Waals surface area contributed by atoms with E-state index in [0.717, 1.165) is 25.4 Å². The first-order valence-corrected chi connectivity index (χ1v) is 7.02. The van der Waals surface area contributed by atoms with Crippen molar-refractivity contribution < 1.29 is 4.74 Å². The van der Waals surface area contributed by atoms with E-state index in [4.69, 9.17) is 4.74 Å². The Labute approximate surface area is 107 Å². The molecule has 102 valence electrons. The van der Waals surface area contributed by atoms with E-state index in [-0.39, 0.29) is 5.60 Å². The maximum absolute atomic E-state index is 5.40. The fourth-order valence-electron chi connectivity index (χ4n) is 2.14. The first kappa shape index (κ1) is 14.9. The van der Waals surface area contributed by atoms with Crippen LogP contribution < -0.4 is 5.32 Å². The summed E-state index contributed by atoms with van der Waals surface area (Å²) in [6.45, 7) is 12.6. The molecule has 0 saturated carbocycles. The average molecular weight is 242 g/mol. The van der Waals surface area contributed by atoms with Crippen LogP contribution in [0.4, 0.5) is 0 Å².